The van der Waals surface area contributed by atoms with Gasteiger partial charge in [0.25, 0.3) is 17.5 Å². The number of methoxy groups -OCH3 is 1. The van der Waals surface area contributed by atoms with E-state index < -0.39 is 29.1 Å². The Kier molecular flexibility index (Phi) is 16.8. The van der Waals surface area contributed by atoms with Crippen LogP contribution >= 0.6 is 0 Å². The van der Waals surface area contributed by atoms with Gasteiger partial charge in [-0.15, -0.1) is 0 Å². The zero-order valence-electron chi connectivity index (χ0n) is 29.4. The summed E-state index contributed by atoms with van der Waals surface area (Å²) in [6.07, 6.45) is 22.9. The quantitative estimate of drug-likeness (QED) is 0.0900. The van der Waals surface area contributed by atoms with Crippen LogP contribution < -0.4 is 5.32 Å². The molecule has 3 N–H and O–H groups in total. The van der Waals surface area contributed by atoms with Gasteiger partial charge in [-0.2, -0.15) is 5.06 Å². The summed E-state index contributed by atoms with van der Waals surface area (Å²) < 4.78 is 21.1. The molecular weight excluding hydrogens is 632 g/mol. The molecule has 3 amide bonds. The Morgan fingerprint density at radius 1 is 1.10 bits per heavy atom. The first-order chi connectivity index (χ1) is 23.3. The minimum Gasteiger partial charge on any atom is -0.446 e. The van der Waals surface area contributed by atoms with Crippen LogP contribution in [0.3, 0.4) is 0 Å². The van der Waals surface area contributed by atoms with Crippen molar-refractivity contribution in [2.24, 2.45) is 5.41 Å². The van der Waals surface area contributed by atoms with Gasteiger partial charge in [-0.3, -0.25) is 19.6 Å². The van der Waals surface area contributed by atoms with Crippen LogP contribution in [-0.2, 0) is 35.0 Å². The van der Waals surface area contributed by atoms with Gasteiger partial charge in [-0.25, -0.2) is 4.98 Å². The summed E-state index contributed by atoms with van der Waals surface area (Å²) in [6.45, 7) is 8.62. The Balaban J connectivity index is 1.79. The third-order valence-electron chi connectivity index (χ3n) is 7.56. The van der Waals surface area contributed by atoms with Crippen LogP contribution in [0.15, 0.2) is 95.2 Å². The highest BCUT2D eigenvalue weighted by atomic mass is 16.8. The van der Waals surface area contributed by atoms with Crippen LogP contribution in [0.25, 0.3) is 0 Å². The molecule has 0 radical (unpaired) electrons. The third kappa shape index (κ3) is 12.5. The summed E-state index contributed by atoms with van der Waals surface area (Å²) in [5.74, 6) is -0.398. The van der Waals surface area contributed by atoms with E-state index >= 15 is 0 Å². The summed E-state index contributed by atoms with van der Waals surface area (Å²) in [5, 5.41) is 24.5. The van der Waals surface area contributed by atoms with Crippen LogP contribution in [0.5, 0.6) is 0 Å². The summed E-state index contributed by atoms with van der Waals surface area (Å²) in [4.78, 5) is 43.8. The van der Waals surface area contributed by atoms with Gasteiger partial charge in [0.15, 0.2) is 12.7 Å². The Hall–Kier alpha value is -4.40. The number of oxazole rings is 1. The van der Waals surface area contributed by atoms with E-state index in [1.54, 1.807) is 89.4 Å². The lowest BCUT2D eigenvalue weighted by Crippen LogP contribution is -2.61. The van der Waals surface area contributed by atoms with Gasteiger partial charge in [0.2, 0.25) is 5.91 Å². The van der Waals surface area contributed by atoms with Crippen LogP contribution in [0.4, 0.5) is 0 Å². The topological polar surface area (TPSA) is 164 Å². The fourth-order valence-corrected chi connectivity index (χ4v) is 4.53. The van der Waals surface area contributed by atoms with Gasteiger partial charge in [0.05, 0.1) is 23.8 Å². The number of carbonyl (C=O) groups is 3. The van der Waals surface area contributed by atoms with Gasteiger partial charge >= 0.3 is 0 Å². The Bertz CT molecular complexity index is 1450. The first-order valence-corrected chi connectivity index (χ1v) is 15.8. The lowest BCUT2D eigenvalue weighted by Gasteiger charge is -2.35. The van der Waals surface area contributed by atoms with Crippen LogP contribution in [0.1, 0.15) is 39.3 Å². The number of hydroxylamine groups is 2. The van der Waals surface area contributed by atoms with Crippen molar-refractivity contribution in [3.63, 3.8) is 0 Å². The number of allylic oxidation sites excluding steroid dienone is 11. The number of likely N-dealkylation sites (N-methyl/N-ethyl adjacent to an activating group) is 1. The van der Waals surface area contributed by atoms with Gasteiger partial charge in [0.1, 0.15) is 12.4 Å². The molecule has 2 rings (SSSR count). The Labute approximate surface area is 288 Å². The number of rotatable bonds is 18. The van der Waals surface area contributed by atoms with Gasteiger partial charge in [-0.05, 0) is 33.3 Å². The molecule has 13 heteroatoms. The van der Waals surface area contributed by atoms with E-state index in [-0.39, 0.29) is 43.6 Å². The highest BCUT2D eigenvalue weighted by Crippen LogP contribution is 2.27. The maximum absolute atomic E-state index is 13.0. The van der Waals surface area contributed by atoms with E-state index in [4.69, 9.17) is 18.6 Å². The maximum Gasteiger partial charge on any atom is 0.280 e. The van der Waals surface area contributed by atoms with Crippen molar-refractivity contribution in [2.45, 2.75) is 59.0 Å². The SMILES string of the molecule is COC(C)CN(C)C(=O)C1(N(O)C(=O)/C=C/C=C/C=C/C=C\CNC(=O)C(C)(C)C(O)\C(C)=C/C=C\C=C\Cc2cnc(C)o2)COCO1. The van der Waals surface area contributed by atoms with Crippen molar-refractivity contribution in [3.8, 4) is 0 Å². The molecule has 0 saturated carbocycles. The molecule has 3 unspecified atom stereocenters. The highest BCUT2D eigenvalue weighted by Gasteiger charge is 2.53. The minimum atomic E-state index is -2.00. The smallest absolute Gasteiger partial charge is 0.280 e. The summed E-state index contributed by atoms with van der Waals surface area (Å²) in [6, 6.07) is 0. The molecule has 0 spiro atoms. The predicted molar refractivity (Wildman–Crippen MR) is 184 cm³/mol. The number of carbonyl (C=O) groups excluding carboxylic acids is 3. The van der Waals surface area contributed by atoms with Crippen molar-refractivity contribution in [3.05, 3.63) is 102 Å². The molecule has 49 heavy (non-hydrogen) atoms. The van der Waals surface area contributed by atoms with E-state index in [1.165, 1.54) is 25.1 Å². The molecule has 0 aromatic carbocycles. The second-order valence-electron chi connectivity index (χ2n) is 11.9. The normalized spacial score (nSPS) is 18.9. The van der Waals surface area contributed by atoms with Crippen molar-refractivity contribution in [2.75, 3.05) is 40.6 Å². The molecule has 1 aliphatic heterocycles. The summed E-state index contributed by atoms with van der Waals surface area (Å²) in [7, 11) is 3.03. The molecule has 0 aliphatic carbocycles. The second-order valence-corrected chi connectivity index (χ2v) is 11.9. The van der Waals surface area contributed by atoms with E-state index in [1.807, 2.05) is 18.2 Å². The van der Waals surface area contributed by atoms with E-state index in [0.29, 0.717) is 17.9 Å². The molecule has 1 aromatic heterocycles. The monoisotopic (exact) mass is 682 g/mol. The summed E-state index contributed by atoms with van der Waals surface area (Å²) >= 11 is 0. The molecule has 2 heterocycles. The average Bonchev–Trinajstić information content (AvgIpc) is 3.75. The standard InChI is InChI=1S/C36H50N4O9/c1-27(19-15-12-13-16-20-30-23-38-29(3)49-30)32(42)35(4,5)33(43)37-22-18-14-10-8-9-11-17-21-31(41)40(45)36(25-47-26-48-36)34(44)39(6)24-28(2)46-7/h8-19,21,23,28,32,42,45H,20,22,24-26H2,1-7H3,(H,37,43)/b10-8+,11-9+,15-12-,16-13+,18-14-,21-17+,27-19-. The maximum atomic E-state index is 13.0. The number of aliphatic hydroxyl groups excluding tert-OH is 1. The largest absolute Gasteiger partial charge is 0.446 e. The molecule has 13 nitrogen and oxygen atoms in total. The van der Waals surface area contributed by atoms with Crippen molar-refractivity contribution in [1.82, 2.24) is 20.3 Å². The van der Waals surface area contributed by atoms with Gasteiger partial charge in [0, 0.05) is 46.7 Å². The number of hydrogen-bond acceptors (Lipinski definition) is 10. The molecule has 3 atom stereocenters. The Morgan fingerprint density at radius 3 is 2.39 bits per heavy atom. The molecule has 0 bridgehead atoms. The predicted octanol–water partition coefficient (Wildman–Crippen LogP) is 3.72. The van der Waals surface area contributed by atoms with Crippen LogP contribution in [0, 0.1) is 12.3 Å². The third-order valence-corrected chi connectivity index (χ3v) is 7.56. The average molecular weight is 683 g/mol. The fraction of sp³-hybridized carbons (Fsp3) is 0.444. The first-order valence-electron chi connectivity index (χ1n) is 15.8. The molecule has 1 aromatic rings. The zero-order valence-corrected chi connectivity index (χ0v) is 29.4. The zero-order chi connectivity index (χ0) is 36.5. The van der Waals surface area contributed by atoms with Gasteiger partial charge in [-0.1, -0.05) is 72.9 Å². The first kappa shape index (κ1) is 40.8. The van der Waals surface area contributed by atoms with Crippen LogP contribution in [0.2, 0.25) is 0 Å². The van der Waals surface area contributed by atoms with Crippen molar-refractivity contribution in [1.29, 1.82) is 0 Å². The number of nitrogens with zero attached hydrogens (tertiary/aromatic N) is 3. The number of hydrogen-bond donors (Lipinski definition) is 3. The molecule has 1 saturated heterocycles. The number of ether oxygens (including phenoxy) is 3. The number of amides is 3. The minimum absolute atomic E-state index is 0.219. The van der Waals surface area contributed by atoms with Crippen molar-refractivity contribution >= 4 is 17.7 Å². The van der Waals surface area contributed by atoms with E-state index in [0.717, 1.165) is 11.8 Å². The number of nitrogens with one attached hydrogen (secondary N) is 1. The second kappa shape index (κ2) is 20.2. The lowest BCUT2D eigenvalue weighted by molar-refractivity contribution is -0.245. The number of aliphatic hydroxyl groups is 1. The number of aryl methyl sites for hydroxylation is 1. The Morgan fingerprint density at radius 2 is 1.76 bits per heavy atom. The summed E-state index contributed by atoms with van der Waals surface area (Å²) in [5.41, 5.74) is -2.40. The van der Waals surface area contributed by atoms with E-state index in [2.05, 4.69) is 10.3 Å². The molecule has 1 aliphatic rings. The van der Waals surface area contributed by atoms with E-state index in [9.17, 15) is 24.7 Å². The molecule has 268 valence electrons. The van der Waals surface area contributed by atoms with Crippen molar-refractivity contribution < 1.29 is 43.3 Å². The lowest BCUT2D eigenvalue weighted by atomic mass is 9.81. The fourth-order valence-electron chi connectivity index (χ4n) is 4.53. The van der Waals surface area contributed by atoms with Gasteiger partial charge < -0.3 is 34.0 Å². The number of aromatic nitrogens is 1. The molecular formula is C36H50N4O9. The molecule has 1 fully saturated rings. The van der Waals surface area contributed by atoms with Crippen LogP contribution in [-0.4, -0.2) is 102 Å². The highest BCUT2D eigenvalue weighted by molar-refractivity contribution is 5.94.